The summed E-state index contributed by atoms with van der Waals surface area (Å²) in [6.07, 6.45) is 0.458. The number of nitrogens with one attached hydrogen (secondary N) is 1. The molecule has 150 valence electrons. The topological polar surface area (TPSA) is 79.2 Å². The molecule has 5 nitrogen and oxygen atoms in total. The van der Waals surface area contributed by atoms with Gasteiger partial charge in [0.2, 0.25) is 0 Å². The Morgan fingerprint density at radius 2 is 1.43 bits per heavy atom. The Morgan fingerprint density at radius 1 is 0.867 bits per heavy atom. The molecule has 0 saturated carbocycles. The maximum Gasteiger partial charge on any atom is 0.307 e. The molecule has 30 heavy (non-hydrogen) atoms. The van der Waals surface area contributed by atoms with E-state index in [0.29, 0.717) is 12.1 Å². The van der Waals surface area contributed by atoms with Gasteiger partial charge in [0.05, 0.1) is 18.9 Å². The third-order valence-electron chi connectivity index (χ3n) is 4.66. The van der Waals surface area contributed by atoms with E-state index < -0.39 is 11.9 Å². The highest BCUT2D eigenvalue weighted by molar-refractivity contribution is 5.92. The molecule has 1 amide bonds. The summed E-state index contributed by atoms with van der Waals surface area (Å²) in [5, 5.41) is 11.4. The van der Waals surface area contributed by atoms with Crippen molar-refractivity contribution in [1.29, 1.82) is 5.26 Å². The molecule has 0 atom stereocenters. The van der Waals surface area contributed by atoms with Crippen molar-refractivity contribution in [1.82, 2.24) is 0 Å². The highest BCUT2D eigenvalue weighted by atomic mass is 16.5. The summed E-state index contributed by atoms with van der Waals surface area (Å²) < 4.78 is 5.22. The van der Waals surface area contributed by atoms with Crippen molar-refractivity contribution in [3.8, 4) is 6.07 Å². The predicted molar refractivity (Wildman–Crippen MR) is 115 cm³/mol. The number of carbonyl (C=O) groups excluding carboxylic acids is 2. The van der Waals surface area contributed by atoms with Crippen LogP contribution < -0.4 is 5.32 Å². The Labute approximate surface area is 175 Å². The smallest absolute Gasteiger partial charge is 0.307 e. The first-order chi connectivity index (χ1) is 14.7. The Bertz CT molecular complexity index is 970. The molecular formula is C25H22N2O3. The molecule has 0 heterocycles. The van der Waals surface area contributed by atoms with Crippen LogP contribution in [0.3, 0.4) is 0 Å². The molecule has 0 radical (unpaired) electrons. The number of esters is 1. The molecule has 0 bridgehead atoms. The van der Waals surface area contributed by atoms with Gasteiger partial charge in [-0.3, -0.25) is 9.59 Å². The first-order valence-electron chi connectivity index (χ1n) is 9.67. The molecule has 0 fully saturated rings. The Kier molecular flexibility index (Phi) is 7.34. The first-order valence-corrected chi connectivity index (χ1v) is 9.67. The van der Waals surface area contributed by atoms with Crippen molar-refractivity contribution in [2.75, 3.05) is 11.9 Å². The fourth-order valence-corrected chi connectivity index (χ4v) is 3.16. The molecule has 3 aromatic carbocycles. The number of rotatable bonds is 8. The minimum atomic E-state index is -0.438. The van der Waals surface area contributed by atoms with Gasteiger partial charge >= 0.3 is 5.97 Å². The Balaban J connectivity index is 1.56. The van der Waals surface area contributed by atoms with Crippen molar-refractivity contribution < 1.29 is 14.3 Å². The van der Waals surface area contributed by atoms with Gasteiger partial charge in [0.25, 0.3) is 5.91 Å². The molecule has 0 aliphatic rings. The largest absolute Gasteiger partial charge is 0.456 e. The number of carbonyl (C=O) groups is 2. The van der Waals surface area contributed by atoms with Crippen LogP contribution in [0.25, 0.3) is 0 Å². The molecule has 5 heteroatoms. The number of hydrogen-bond donors (Lipinski definition) is 1. The lowest BCUT2D eigenvalue weighted by molar-refractivity contribution is -0.147. The van der Waals surface area contributed by atoms with Crippen molar-refractivity contribution in [3.63, 3.8) is 0 Å². The minimum Gasteiger partial charge on any atom is -0.456 e. The monoisotopic (exact) mass is 398 g/mol. The first kappa shape index (κ1) is 20.8. The van der Waals surface area contributed by atoms with Gasteiger partial charge in [-0.1, -0.05) is 72.8 Å². The van der Waals surface area contributed by atoms with Crippen LogP contribution in [0, 0.1) is 11.3 Å². The van der Waals surface area contributed by atoms with Crippen LogP contribution in [-0.2, 0) is 20.7 Å². The van der Waals surface area contributed by atoms with Crippen molar-refractivity contribution in [2.45, 2.75) is 18.8 Å². The molecule has 0 saturated heterocycles. The van der Waals surface area contributed by atoms with E-state index in [1.807, 2.05) is 60.7 Å². The summed E-state index contributed by atoms with van der Waals surface area (Å²) in [5.74, 6) is -0.991. The number of nitrogens with zero attached hydrogens (tertiary/aromatic N) is 1. The van der Waals surface area contributed by atoms with Crippen molar-refractivity contribution in [3.05, 3.63) is 102 Å². The summed E-state index contributed by atoms with van der Waals surface area (Å²) in [4.78, 5) is 24.6. The Hall–Kier alpha value is -3.91. The van der Waals surface area contributed by atoms with E-state index in [0.717, 1.165) is 16.7 Å². The number of hydrogen-bond acceptors (Lipinski definition) is 4. The number of benzene rings is 3. The lowest BCUT2D eigenvalue weighted by Crippen LogP contribution is -2.22. The lowest BCUT2D eigenvalue weighted by atomic mass is 9.89. The molecule has 0 aromatic heterocycles. The van der Waals surface area contributed by atoms with E-state index in [1.54, 1.807) is 24.3 Å². The second kappa shape index (κ2) is 10.6. The minimum absolute atomic E-state index is 0.143. The molecular weight excluding hydrogens is 376 g/mol. The van der Waals surface area contributed by atoms with Gasteiger partial charge in [0.1, 0.15) is 0 Å². The Morgan fingerprint density at radius 3 is 1.97 bits per heavy atom. The maximum absolute atomic E-state index is 12.4. The SMILES string of the molecule is N#CCc1ccc(NC(=O)COC(=O)CC(c2ccccc2)c2ccccc2)cc1. The lowest BCUT2D eigenvalue weighted by Gasteiger charge is -2.17. The van der Waals surface area contributed by atoms with Gasteiger partial charge < -0.3 is 10.1 Å². The highest BCUT2D eigenvalue weighted by Gasteiger charge is 2.19. The molecule has 0 unspecified atom stereocenters. The normalized spacial score (nSPS) is 10.3. The quantitative estimate of drug-likeness (QED) is 0.568. The zero-order chi connectivity index (χ0) is 21.2. The third kappa shape index (κ3) is 6.05. The van der Waals surface area contributed by atoms with E-state index in [-0.39, 0.29) is 18.9 Å². The summed E-state index contributed by atoms with van der Waals surface area (Å²) >= 11 is 0. The van der Waals surface area contributed by atoms with E-state index in [9.17, 15) is 9.59 Å². The number of anilines is 1. The van der Waals surface area contributed by atoms with Crippen molar-refractivity contribution >= 4 is 17.6 Å². The van der Waals surface area contributed by atoms with Crippen molar-refractivity contribution in [2.24, 2.45) is 0 Å². The summed E-state index contributed by atoms with van der Waals surface area (Å²) in [7, 11) is 0. The van der Waals surface area contributed by atoms with Gasteiger partial charge in [-0.25, -0.2) is 0 Å². The fourth-order valence-electron chi connectivity index (χ4n) is 3.16. The van der Waals surface area contributed by atoms with E-state index in [1.165, 1.54) is 0 Å². The van der Waals surface area contributed by atoms with E-state index >= 15 is 0 Å². The van der Waals surface area contributed by atoms with Gasteiger partial charge in [-0.05, 0) is 28.8 Å². The number of amides is 1. The van der Waals surface area contributed by atoms with Gasteiger partial charge in [-0.15, -0.1) is 0 Å². The van der Waals surface area contributed by atoms with E-state index in [2.05, 4.69) is 11.4 Å². The van der Waals surface area contributed by atoms with Crippen LogP contribution >= 0.6 is 0 Å². The fraction of sp³-hybridized carbons (Fsp3) is 0.160. The number of nitriles is 1. The predicted octanol–water partition coefficient (Wildman–Crippen LogP) is 4.46. The van der Waals surface area contributed by atoms with Crippen LogP contribution in [0.4, 0.5) is 5.69 Å². The zero-order valence-corrected chi connectivity index (χ0v) is 16.5. The van der Waals surface area contributed by atoms with Crippen LogP contribution in [0.5, 0.6) is 0 Å². The van der Waals surface area contributed by atoms with Crippen LogP contribution in [0.1, 0.15) is 29.0 Å². The maximum atomic E-state index is 12.4. The molecule has 0 aliphatic carbocycles. The zero-order valence-electron chi connectivity index (χ0n) is 16.5. The molecule has 3 rings (SSSR count). The van der Waals surface area contributed by atoms with Gasteiger partial charge in [0, 0.05) is 11.6 Å². The standard InChI is InChI=1S/C25H22N2O3/c26-16-15-19-11-13-22(14-12-19)27-24(28)18-30-25(29)17-23(20-7-3-1-4-8-20)21-9-5-2-6-10-21/h1-14,23H,15,17-18H2,(H,27,28). The van der Waals surface area contributed by atoms with Gasteiger partial charge in [0.15, 0.2) is 6.61 Å². The third-order valence-corrected chi connectivity index (χ3v) is 4.66. The van der Waals surface area contributed by atoms with E-state index in [4.69, 9.17) is 10.00 Å². The second-order valence-corrected chi connectivity index (χ2v) is 6.82. The summed E-state index contributed by atoms with van der Waals surface area (Å²) in [6, 6.07) is 28.6. The van der Waals surface area contributed by atoms with Crippen LogP contribution in [0.2, 0.25) is 0 Å². The summed E-state index contributed by atoms with van der Waals surface area (Å²) in [5.41, 5.74) is 3.49. The average Bonchev–Trinajstić information content (AvgIpc) is 2.79. The molecule has 3 aromatic rings. The molecule has 0 spiro atoms. The highest BCUT2D eigenvalue weighted by Crippen LogP contribution is 2.28. The molecule has 1 N–H and O–H groups in total. The summed E-state index contributed by atoms with van der Waals surface area (Å²) in [6.45, 7) is -0.352. The van der Waals surface area contributed by atoms with Crippen LogP contribution in [-0.4, -0.2) is 18.5 Å². The average molecular weight is 398 g/mol. The number of ether oxygens (including phenoxy) is 1. The van der Waals surface area contributed by atoms with Gasteiger partial charge in [-0.2, -0.15) is 5.26 Å². The molecule has 0 aliphatic heterocycles. The second-order valence-electron chi connectivity index (χ2n) is 6.82. The van der Waals surface area contributed by atoms with Crippen LogP contribution in [0.15, 0.2) is 84.9 Å².